The van der Waals surface area contributed by atoms with Crippen molar-refractivity contribution in [3.8, 4) is 6.07 Å². The van der Waals surface area contributed by atoms with Crippen molar-refractivity contribution >= 4 is 0 Å². The van der Waals surface area contributed by atoms with E-state index in [1.165, 1.54) is 10.7 Å². The van der Waals surface area contributed by atoms with Crippen molar-refractivity contribution in [1.82, 2.24) is 9.78 Å². The summed E-state index contributed by atoms with van der Waals surface area (Å²) in [6.45, 7) is 2.18. The van der Waals surface area contributed by atoms with E-state index in [4.69, 9.17) is 5.26 Å². The molecule has 62 valence electrons. The molecule has 1 aromatic heterocycles. The summed E-state index contributed by atoms with van der Waals surface area (Å²) in [6, 6.07) is 5.08. The monoisotopic (exact) mass is 163 g/mol. The molecule has 4 nitrogen and oxygen atoms in total. The third-order valence-electron chi connectivity index (χ3n) is 1.44. The molecule has 0 atom stereocenters. The van der Waals surface area contributed by atoms with E-state index in [1.807, 2.05) is 13.0 Å². The molecule has 0 saturated heterocycles. The topological polar surface area (TPSA) is 58.7 Å². The Bertz CT molecular complexity index is 361. The summed E-state index contributed by atoms with van der Waals surface area (Å²) in [4.78, 5) is 11.1. The van der Waals surface area contributed by atoms with E-state index in [0.29, 0.717) is 13.0 Å². The Hall–Kier alpha value is -1.63. The molecule has 1 aromatic rings. The van der Waals surface area contributed by atoms with E-state index in [-0.39, 0.29) is 5.56 Å². The molecule has 12 heavy (non-hydrogen) atoms. The molecule has 0 spiro atoms. The normalized spacial score (nSPS) is 9.33. The summed E-state index contributed by atoms with van der Waals surface area (Å²) >= 11 is 0. The van der Waals surface area contributed by atoms with Crippen LogP contribution in [0.5, 0.6) is 0 Å². The maximum atomic E-state index is 11.1. The predicted octanol–water partition coefficient (Wildman–Crippen LogP) is 0.465. The molecule has 0 amide bonds. The maximum absolute atomic E-state index is 11.1. The molecule has 0 aliphatic carbocycles. The van der Waals surface area contributed by atoms with Gasteiger partial charge in [-0.15, -0.1) is 0 Å². The Morgan fingerprint density at radius 1 is 1.67 bits per heavy atom. The van der Waals surface area contributed by atoms with Gasteiger partial charge in [0, 0.05) is 6.07 Å². The van der Waals surface area contributed by atoms with Gasteiger partial charge in [0.15, 0.2) is 0 Å². The summed E-state index contributed by atoms with van der Waals surface area (Å²) in [5, 5.41) is 12.3. The minimum Gasteiger partial charge on any atom is -0.268 e. The molecule has 0 aliphatic heterocycles. The van der Waals surface area contributed by atoms with Crippen molar-refractivity contribution in [3.05, 3.63) is 28.2 Å². The number of hydrogen-bond acceptors (Lipinski definition) is 3. The summed E-state index contributed by atoms with van der Waals surface area (Å²) in [5.74, 6) is 0. The lowest BCUT2D eigenvalue weighted by Crippen LogP contribution is -2.22. The van der Waals surface area contributed by atoms with Gasteiger partial charge in [0.2, 0.25) is 0 Å². The zero-order chi connectivity index (χ0) is 8.97. The van der Waals surface area contributed by atoms with E-state index in [9.17, 15) is 4.79 Å². The van der Waals surface area contributed by atoms with E-state index in [1.54, 1.807) is 6.07 Å². The van der Waals surface area contributed by atoms with Crippen LogP contribution < -0.4 is 5.56 Å². The fourth-order valence-electron chi connectivity index (χ4n) is 0.867. The minimum absolute atomic E-state index is 0.157. The summed E-state index contributed by atoms with van der Waals surface area (Å²) in [6.07, 6.45) is 0.316. The maximum Gasteiger partial charge on any atom is 0.266 e. The van der Waals surface area contributed by atoms with Crippen LogP contribution in [0.4, 0.5) is 0 Å². The molecular weight excluding hydrogens is 154 g/mol. The van der Waals surface area contributed by atoms with Crippen LogP contribution in [0, 0.1) is 18.3 Å². The average molecular weight is 163 g/mol. The fourth-order valence-corrected chi connectivity index (χ4v) is 0.867. The van der Waals surface area contributed by atoms with Crippen LogP contribution in [0.25, 0.3) is 0 Å². The van der Waals surface area contributed by atoms with Gasteiger partial charge in [-0.3, -0.25) is 4.79 Å². The second-order valence-electron chi connectivity index (χ2n) is 2.44. The Labute approximate surface area is 70.1 Å². The summed E-state index contributed by atoms with van der Waals surface area (Å²) in [5.41, 5.74) is 0.628. The molecule has 0 radical (unpaired) electrons. The van der Waals surface area contributed by atoms with E-state index in [2.05, 4.69) is 5.10 Å². The standard InChI is InChI=1S/C8H9N3O/c1-7-3-4-8(12)11(10-7)6-2-5-9/h3-4H,2,6H2,1H3. The van der Waals surface area contributed by atoms with Crippen molar-refractivity contribution in [2.24, 2.45) is 0 Å². The van der Waals surface area contributed by atoms with Gasteiger partial charge in [-0.2, -0.15) is 10.4 Å². The first-order valence-corrected chi connectivity index (χ1v) is 3.66. The van der Waals surface area contributed by atoms with Gasteiger partial charge in [0.1, 0.15) is 0 Å². The van der Waals surface area contributed by atoms with Crippen LogP contribution in [0.15, 0.2) is 16.9 Å². The number of nitriles is 1. The van der Waals surface area contributed by atoms with Gasteiger partial charge in [-0.05, 0) is 13.0 Å². The Kier molecular flexibility index (Phi) is 2.59. The minimum atomic E-state index is -0.157. The van der Waals surface area contributed by atoms with Gasteiger partial charge in [-0.25, -0.2) is 4.68 Å². The van der Waals surface area contributed by atoms with Gasteiger partial charge in [0.25, 0.3) is 5.56 Å². The Morgan fingerprint density at radius 2 is 2.42 bits per heavy atom. The highest BCUT2D eigenvalue weighted by atomic mass is 16.1. The van der Waals surface area contributed by atoms with Crippen molar-refractivity contribution in [2.75, 3.05) is 0 Å². The fraction of sp³-hybridized carbons (Fsp3) is 0.375. The molecule has 0 N–H and O–H groups in total. The zero-order valence-corrected chi connectivity index (χ0v) is 6.82. The highest BCUT2D eigenvalue weighted by Gasteiger charge is 1.95. The van der Waals surface area contributed by atoms with Crippen LogP contribution in [0.2, 0.25) is 0 Å². The van der Waals surface area contributed by atoms with Crippen molar-refractivity contribution < 1.29 is 0 Å². The summed E-state index contributed by atoms with van der Waals surface area (Å²) < 4.78 is 1.30. The quantitative estimate of drug-likeness (QED) is 0.636. The summed E-state index contributed by atoms with van der Waals surface area (Å²) in [7, 11) is 0. The molecule has 0 fully saturated rings. The molecule has 0 aromatic carbocycles. The van der Waals surface area contributed by atoms with Gasteiger partial charge in [0.05, 0.1) is 24.7 Å². The number of aryl methyl sites for hydroxylation is 2. The molecule has 1 rings (SSSR count). The lowest BCUT2D eigenvalue weighted by Gasteiger charge is -2.00. The predicted molar refractivity (Wildman–Crippen MR) is 43.5 cm³/mol. The molecule has 0 saturated carbocycles. The average Bonchev–Trinajstić information content (AvgIpc) is 2.07. The first kappa shape index (κ1) is 8.47. The zero-order valence-electron chi connectivity index (χ0n) is 6.82. The molecule has 0 bridgehead atoms. The lowest BCUT2D eigenvalue weighted by molar-refractivity contribution is 0.580. The van der Waals surface area contributed by atoms with Crippen LogP contribution >= 0.6 is 0 Å². The van der Waals surface area contributed by atoms with Crippen LogP contribution in [0.3, 0.4) is 0 Å². The first-order chi connectivity index (χ1) is 5.74. The molecular formula is C8H9N3O. The first-order valence-electron chi connectivity index (χ1n) is 3.66. The van der Waals surface area contributed by atoms with E-state index in [0.717, 1.165) is 5.69 Å². The van der Waals surface area contributed by atoms with Crippen LogP contribution in [-0.2, 0) is 6.54 Å². The van der Waals surface area contributed by atoms with Crippen molar-refractivity contribution in [1.29, 1.82) is 5.26 Å². The lowest BCUT2D eigenvalue weighted by atomic mass is 10.4. The van der Waals surface area contributed by atoms with Crippen molar-refractivity contribution in [2.45, 2.75) is 19.9 Å². The Morgan fingerprint density at radius 3 is 3.08 bits per heavy atom. The Balaban J connectivity index is 2.92. The van der Waals surface area contributed by atoms with Crippen molar-refractivity contribution in [3.63, 3.8) is 0 Å². The highest BCUT2D eigenvalue weighted by Crippen LogP contribution is 1.87. The number of aromatic nitrogens is 2. The third kappa shape index (κ3) is 1.92. The second-order valence-corrected chi connectivity index (χ2v) is 2.44. The van der Waals surface area contributed by atoms with Gasteiger partial charge in [-0.1, -0.05) is 0 Å². The third-order valence-corrected chi connectivity index (χ3v) is 1.44. The second kappa shape index (κ2) is 3.67. The largest absolute Gasteiger partial charge is 0.268 e. The number of nitrogens with zero attached hydrogens (tertiary/aromatic N) is 3. The van der Waals surface area contributed by atoms with Gasteiger partial charge < -0.3 is 0 Å². The molecule has 1 heterocycles. The van der Waals surface area contributed by atoms with E-state index < -0.39 is 0 Å². The molecule has 0 unspecified atom stereocenters. The SMILES string of the molecule is Cc1ccc(=O)n(CCC#N)n1. The van der Waals surface area contributed by atoms with Crippen LogP contribution in [-0.4, -0.2) is 9.78 Å². The number of hydrogen-bond donors (Lipinski definition) is 0. The number of rotatable bonds is 2. The van der Waals surface area contributed by atoms with Crippen LogP contribution in [0.1, 0.15) is 12.1 Å². The smallest absolute Gasteiger partial charge is 0.266 e. The van der Waals surface area contributed by atoms with Gasteiger partial charge >= 0.3 is 0 Å². The van der Waals surface area contributed by atoms with E-state index >= 15 is 0 Å². The highest BCUT2D eigenvalue weighted by molar-refractivity contribution is 4.97. The molecule has 0 aliphatic rings. The molecule has 4 heteroatoms.